The predicted octanol–water partition coefficient (Wildman–Crippen LogP) is 2.01. The first-order valence-corrected chi connectivity index (χ1v) is 6.59. The third kappa shape index (κ3) is 5.17. The molecule has 0 radical (unpaired) electrons. The lowest BCUT2D eigenvalue weighted by Crippen LogP contribution is -2.36. The van der Waals surface area contributed by atoms with Crippen molar-refractivity contribution in [2.45, 2.75) is 38.9 Å². The van der Waals surface area contributed by atoms with Crippen LogP contribution in [0, 0.1) is 5.92 Å². The van der Waals surface area contributed by atoms with Crippen molar-refractivity contribution in [3.05, 3.63) is 35.9 Å². The Labute approximate surface area is 109 Å². The minimum absolute atomic E-state index is 0.198. The molecule has 0 saturated heterocycles. The van der Waals surface area contributed by atoms with Crippen molar-refractivity contribution in [1.29, 1.82) is 0 Å². The first kappa shape index (κ1) is 15.2. The van der Waals surface area contributed by atoms with Crippen LogP contribution in [0.1, 0.15) is 25.8 Å². The van der Waals surface area contributed by atoms with Crippen LogP contribution in [0.15, 0.2) is 30.3 Å². The van der Waals surface area contributed by atoms with Crippen LogP contribution in [0.3, 0.4) is 0 Å². The first-order chi connectivity index (χ1) is 8.65. The van der Waals surface area contributed by atoms with Gasteiger partial charge >= 0.3 is 0 Å². The normalized spacial score (nSPS) is 14.7. The number of aryl methyl sites for hydroxylation is 1. The highest BCUT2D eigenvalue weighted by atomic mass is 16.5. The summed E-state index contributed by atoms with van der Waals surface area (Å²) in [7, 11) is 0. The van der Waals surface area contributed by atoms with Gasteiger partial charge in [-0.05, 0) is 24.3 Å². The molecule has 3 nitrogen and oxygen atoms in total. The Hall–Kier alpha value is -0.900. The Balaban J connectivity index is 2.27. The highest BCUT2D eigenvalue weighted by molar-refractivity contribution is 5.14. The molecule has 0 spiro atoms. The zero-order valence-electron chi connectivity index (χ0n) is 11.2. The summed E-state index contributed by atoms with van der Waals surface area (Å²) in [5.74, 6) is 0.198. The topological polar surface area (TPSA) is 49.7 Å². The second-order valence-electron chi connectivity index (χ2n) is 4.92. The molecule has 0 bridgehead atoms. The number of ether oxygens (including phenoxy) is 1. The molecule has 0 aliphatic heterocycles. The fraction of sp³-hybridized carbons (Fsp3) is 0.600. The van der Waals surface area contributed by atoms with E-state index in [1.54, 1.807) is 0 Å². The van der Waals surface area contributed by atoms with Crippen LogP contribution in [0.4, 0.5) is 0 Å². The van der Waals surface area contributed by atoms with Crippen molar-refractivity contribution < 1.29 is 14.9 Å². The van der Waals surface area contributed by atoms with Crippen LogP contribution in [-0.2, 0) is 11.2 Å². The molecule has 102 valence electrons. The van der Waals surface area contributed by atoms with Gasteiger partial charge in [-0.1, -0.05) is 44.2 Å². The summed E-state index contributed by atoms with van der Waals surface area (Å²) in [4.78, 5) is 0. The van der Waals surface area contributed by atoms with Crippen LogP contribution >= 0.6 is 0 Å². The summed E-state index contributed by atoms with van der Waals surface area (Å²) < 4.78 is 5.67. The lowest BCUT2D eigenvalue weighted by molar-refractivity contribution is -0.0791. The van der Waals surface area contributed by atoms with E-state index in [0.29, 0.717) is 6.61 Å². The molecule has 1 rings (SSSR count). The van der Waals surface area contributed by atoms with E-state index in [9.17, 15) is 5.11 Å². The van der Waals surface area contributed by atoms with Gasteiger partial charge in [-0.2, -0.15) is 0 Å². The van der Waals surface area contributed by atoms with E-state index >= 15 is 0 Å². The Morgan fingerprint density at radius 2 is 1.83 bits per heavy atom. The fourth-order valence-corrected chi connectivity index (χ4v) is 1.99. The highest BCUT2D eigenvalue weighted by Gasteiger charge is 2.22. The largest absolute Gasteiger partial charge is 0.394 e. The molecular formula is C15H24O3. The molecule has 0 amide bonds. The van der Waals surface area contributed by atoms with E-state index < -0.39 is 6.10 Å². The fourth-order valence-electron chi connectivity index (χ4n) is 1.99. The zero-order valence-corrected chi connectivity index (χ0v) is 11.2. The average Bonchev–Trinajstić information content (AvgIpc) is 2.38. The number of hydrogen-bond acceptors (Lipinski definition) is 3. The Morgan fingerprint density at radius 3 is 2.39 bits per heavy atom. The van der Waals surface area contributed by atoms with E-state index in [4.69, 9.17) is 9.84 Å². The number of hydrogen-bond donors (Lipinski definition) is 2. The van der Waals surface area contributed by atoms with Crippen molar-refractivity contribution in [2.24, 2.45) is 5.92 Å². The molecule has 2 atom stereocenters. The SMILES string of the molecule is CC(C)C(OCCCc1ccccc1)C(O)CO. The Kier molecular flexibility index (Phi) is 6.94. The molecule has 1 aromatic carbocycles. The van der Waals surface area contributed by atoms with Crippen LogP contribution in [0.2, 0.25) is 0 Å². The standard InChI is InChI=1S/C15H24O3/c1-12(2)15(14(17)11-16)18-10-6-9-13-7-4-3-5-8-13/h3-5,7-8,12,14-17H,6,9-11H2,1-2H3. The van der Waals surface area contributed by atoms with Crippen LogP contribution in [0.25, 0.3) is 0 Å². The number of aliphatic hydroxyl groups excluding tert-OH is 2. The summed E-state index contributed by atoms with van der Waals surface area (Å²) in [6.45, 7) is 4.33. The lowest BCUT2D eigenvalue weighted by Gasteiger charge is -2.25. The summed E-state index contributed by atoms with van der Waals surface area (Å²) in [5, 5.41) is 18.6. The van der Waals surface area contributed by atoms with Gasteiger partial charge in [0.25, 0.3) is 0 Å². The molecule has 0 fully saturated rings. The number of aliphatic hydroxyl groups is 2. The van der Waals surface area contributed by atoms with Gasteiger partial charge in [0, 0.05) is 6.61 Å². The van der Waals surface area contributed by atoms with Crippen molar-refractivity contribution in [3.63, 3.8) is 0 Å². The average molecular weight is 252 g/mol. The Morgan fingerprint density at radius 1 is 1.17 bits per heavy atom. The molecule has 0 aliphatic carbocycles. The van der Waals surface area contributed by atoms with Gasteiger partial charge in [0.05, 0.1) is 12.7 Å². The monoisotopic (exact) mass is 252 g/mol. The molecule has 1 aromatic rings. The highest BCUT2D eigenvalue weighted by Crippen LogP contribution is 2.12. The van der Waals surface area contributed by atoms with E-state index in [0.717, 1.165) is 12.8 Å². The minimum Gasteiger partial charge on any atom is -0.394 e. The number of rotatable bonds is 8. The van der Waals surface area contributed by atoms with E-state index in [1.165, 1.54) is 5.56 Å². The molecular weight excluding hydrogens is 228 g/mol. The molecule has 0 saturated carbocycles. The van der Waals surface area contributed by atoms with Gasteiger partial charge in [-0.15, -0.1) is 0 Å². The van der Waals surface area contributed by atoms with Gasteiger partial charge < -0.3 is 14.9 Å². The lowest BCUT2D eigenvalue weighted by atomic mass is 10.0. The maximum absolute atomic E-state index is 9.63. The van der Waals surface area contributed by atoms with E-state index in [1.807, 2.05) is 32.0 Å². The van der Waals surface area contributed by atoms with Gasteiger partial charge in [0.15, 0.2) is 0 Å². The van der Waals surface area contributed by atoms with Crippen LogP contribution < -0.4 is 0 Å². The summed E-state index contributed by atoms with van der Waals surface area (Å²) in [6.07, 6.45) is 0.819. The molecule has 18 heavy (non-hydrogen) atoms. The molecule has 0 heterocycles. The molecule has 2 N–H and O–H groups in total. The second-order valence-corrected chi connectivity index (χ2v) is 4.92. The van der Waals surface area contributed by atoms with Crippen molar-refractivity contribution >= 4 is 0 Å². The van der Waals surface area contributed by atoms with E-state index in [2.05, 4.69) is 12.1 Å². The first-order valence-electron chi connectivity index (χ1n) is 6.59. The quantitative estimate of drug-likeness (QED) is 0.696. The van der Waals surface area contributed by atoms with Gasteiger partial charge in [0.2, 0.25) is 0 Å². The smallest absolute Gasteiger partial charge is 0.103 e. The third-order valence-electron chi connectivity index (χ3n) is 2.99. The third-order valence-corrected chi connectivity index (χ3v) is 2.99. The molecule has 0 aliphatic rings. The van der Waals surface area contributed by atoms with Crippen molar-refractivity contribution in [1.82, 2.24) is 0 Å². The Bertz CT molecular complexity index is 311. The summed E-state index contributed by atoms with van der Waals surface area (Å²) in [5.41, 5.74) is 1.30. The maximum atomic E-state index is 9.63. The van der Waals surface area contributed by atoms with E-state index in [-0.39, 0.29) is 18.6 Å². The van der Waals surface area contributed by atoms with Gasteiger partial charge in [-0.3, -0.25) is 0 Å². The number of benzene rings is 1. The minimum atomic E-state index is -0.790. The summed E-state index contributed by atoms with van der Waals surface area (Å²) in [6, 6.07) is 10.3. The maximum Gasteiger partial charge on any atom is 0.103 e. The second kappa shape index (κ2) is 8.25. The predicted molar refractivity (Wildman–Crippen MR) is 72.4 cm³/mol. The van der Waals surface area contributed by atoms with Crippen molar-refractivity contribution in [2.75, 3.05) is 13.2 Å². The zero-order chi connectivity index (χ0) is 13.4. The molecule has 0 aromatic heterocycles. The van der Waals surface area contributed by atoms with Gasteiger partial charge in [-0.25, -0.2) is 0 Å². The molecule has 3 heteroatoms. The van der Waals surface area contributed by atoms with Crippen LogP contribution in [0.5, 0.6) is 0 Å². The van der Waals surface area contributed by atoms with Crippen molar-refractivity contribution in [3.8, 4) is 0 Å². The molecule has 2 unspecified atom stereocenters. The van der Waals surface area contributed by atoms with Gasteiger partial charge in [0.1, 0.15) is 6.10 Å². The summed E-state index contributed by atoms with van der Waals surface area (Å²) >= 11 is 0. The van der Waals surface area contributed by atoms with Crippen LogP contribution in [-0.4, -0.2) is 35.6 Å².